The van der Waals surface area contributed by atoms with Gasteiger partial charge < -0.3 is 51.2 Å². The number of rotatable bonds is 22. The molecule has 2 aliphatic heterocycles. The van der Waals surface area contributed by atoms with Gasteiger partial charge in [0.2, 0.25) is 35.4 Å². The summed E-state index contributed by atoms with van der Waals surface area (Å²) in [6, 6.07) is 3.98. The van der Waals surface area contributed by atoms with E-state index in [4.69, 9.17) is 9.47 Å². The molecule has 2 aliphatic carbocycles. The van der Waals surface area contributed by atoms with Gasteiger partial charge in [-0.25, -0.2) is 0 Å². The number of ether oxygens (including phenoxy) is 2. The van der Waals surface area contributed by atoms with Gasteiger partial charge in [0.05, 0.1) is 50.6 Å². The SMILES string of the molecule is CN[C@@H](C)C(=O)N[C@H](C(=O)N1CCC[C@H]1C(=O)N[C@H](COCc1cccc(COC[C@@H](NC(=O)[C@@H]2CCCN2C(=O)[C@@H](NC(=O)[C@H](C)NC)C(C)(C)C)C2CCCCC2)c1)C1CCCCC1)C(C)(C)C.Cl.Cl. The maximum absolute atomic E-state index is 14.1. The summed E-state index contributed by atoms with van der Waals surface area (Å²) in [5, 5.41) is 18.5. The maximum atomic E-state index is 14.1. The average Bonchev–Trinajstić information content (AvgIpc) is 4.05. The maximum Gasteiger partial charge on any atom is 0.246 e. The predicted octanol–water partition coefficient (Wildman–Crippen LogP) is 5.95. The number of benzene rings is 1. The van der Waals surface area contributed by atoms with E-state index >= 15 is 0 Å². The molecule has 0 spiro atoms. The third kappa shape index (κ3) is 17.8. The van der Waals surface area contributed by atoms with Crippen molar-refractivity contribution in [2.24, 2.45) is 22.7 Å². The molecule has 4 aliphatic rings. The van der Waals surface area contributed by atoms with Crippen LogP contribution in [-0.4, -0.2) is 134 Å². The molecular formula is C54H92Cl2N8O8. The second kappa shape index (κ2) is 29.5. The van der Waals surface area contributed by atoms with Gasteiger partial charge in [-0.15, -0.1) is 24.8 Å². The second-order valence-electron chi connectivity index (χ2n) is 22.9. The topological polar surface area (TPSA) is 200 Å². The highest BCUT2D eigenvalue weighted by Gasteiger charge is 2.45. The van der Waals surface area contributed by atoms with Gasteiger partial charge in [0.25, 0.3) is 0 Å². The van der Waals surface area contributed by atoms with Crippen molar-refractivity contribution in [3.05, 3.63) is 35.4 Å². The normalized spacial score (nSPS) is 21.5. The Hall–Kier alpha value is -3.54. The molecule has 18 heteroatoms. The lowest BCUT2D eigenvalue weighted by molar-refractivity contribution is -0.144. The van der Waals surface area contributed by atoms with Gasteiger partial charge in [0.1, 0.15) is 24.2 Å². The van der Waals surface area contributed by atoms with Crippen LogP contribution in [0.4, 0.5) is 0 Å². The first-order valence-corrected chi connectivity index (χ1v) is 26.6. The summed E-state index contributed by atoms with van der Waals surface area (Å²) in [6.45, 7) is 17.4. The third-order valence-electron chi connectivity index (χ3n) is 15.3. The van der Waals surface area contributed by atoms with E-state index in [0.29, 0.717) is 65.2 Å². The molecule has 5 rings (SSSR count). The smallest absolute Gasteiger partial charge is 0.246 e. The molecule has 0 bridgehead atoms. The molecule has 0 aromatic heterocycles. The zero-order valence-electron chi connectivity index (χ0n) is 45.2. The molecule has 1 aromatic rings. The minimum absolute atomic E-state index is 0. The molecule has 0 radical (unpaired) electrons. The Labute approximate surface area is 443 Å². The molecule has 0 unspecified atom stereocenters. The minimum atomic E-state index is -0.781. The van der Waals surface area contributed by atoms with Gasteiger partial charge in [0, 0.05) is 13.1 Å². The molecule has 8 atom stereocenters. The largest absolute Gasteiger partial charge is 0.375 e. The van der Waals surface area contributed by atoms with Crippen LogP contribution >= 0.6 is 24.8 Å². The summed E-state index contributed by atoms with van der Waals surface area (Å²) in [6.07, 6.45) is 13.3. The first-order chi connectivity index (χ1) is 33.2. The number of likely N-dealkylation sites (tertiary alicyclic amines) is 2. The molecule has 410 valence electrons. The van der Waals surface area contributed by atoms with Gasteiger partial charge in [-0.3, -0.25) is 28.8 Å². The zero-order valence-corrected chi connectivity index (χ0v) is 46.8. The van der Waals surface area contributed by atoms with E-state index in [1.807, 2.05) is 59.7 Å². The van der Waals surface area contributed by atoms with Crippen molar-refractivity contribution in [3.8, 4) is 0 Å². The van der Waals surface area contributed by atoms with Crippen LogP contribution in [0, 0.1) is 22.7 Å². The van der Waals surface area contributed by atoms with E-state index < -0.39 is 47.1 Å². The number of hydrogen-bond donors (Lipinski definition) is 6. The Kier molecular flexibility index (Phi) is 25.7. The van der Waals surface area contributed by atoms with Crippen molar-refractivity contribution in [1.29, 1.82) is 0 Å². The van der Waals surface area contributed by atoms with Gasteiger partial charge in [-0.05, 0) is 113 Å². The molecule has 2 saturated carbocycles. The molecule has 16 nitrogen and oxygen atoms in total. The Morgan fingerprint density at radius 2 is 0.917 bits per heavy atom. The summed E-state index contributed by atoms with van der Waals surface area (Å²) < 4.78 is 12.8. The lowest BCUT2D eigenvalue weighted by Crippen LogP contribution is -2.60. The van der Waals surface area contributed by atoms with E-state index in [2.05, 4.69) is 38.0 Å². The molecular weight excluding hydrogens is 960 g/mol. The average molecular weight is 1050 g/mol. The van der Waals surface area contributed by atoms with Crippen LogP contribution in [0.15, 0.2) is 24.3 Å². The summed E-state index contributed by atoms with van der Waals surface area (Å²) in [7, 11) is 3.41. The fraction of sp³-hybridized carbons (Fsp3) is 0.778. The number of likely N-dealkylation sites (N-methyl/N-ethyl adjacent to an activating group) is 2. The molecule has 2 saturated heterocycles. The van der Waals surface area contributed by atoms with Crippen molar-refractivity contribution < 1.29 is 38.2 Å². The van der Waals surface area contributed by atoms with Crippen molar-refractivity contribution in [1.82, 2.24) is 41.7 Å². The van der Waals surface area contributed by atoms with Crippen LogP contribution in [0.2, 0.25) is 0 Å². The van der Waals surface area contributed by atoms with Crippen molar-refractivity contribution in [2.75, 3.05) is 40.4 Å². The lowest BCUT2D eigenvalue weighted by atomic mass is 9.84. The van der Waals surface area contributed by atoms with Crippen molar-refractivity contribution in [2.45, 2.75) is 207 Å². The third-order valence-corrected chi connectivity index (χ3v) is 15.3. The fourth-order valence-electron chi connectivity index (χ4n) is 10.7. The van der Waals surface area contributed by atoms with E-state index in [1.165, 1.54) is 12.8 Å². The van der Waals surface area contributed by atoms with Gasteiger partial charge in [-0.2, -0.15) is 0 Å². The van der Waals surface area contributed by atoms with Crippen LogP contribution in [0.3, 0.4) is 0 Å². The highest BCUT2D eigenvalue weighted by atomic mass is 35.5. The number of carbonyl (C=O) groups is 6. The van der Waals surface area contributed by atoms with Crippen LogP contribution in [0.1, 0.15) is 156 Å². The van der Waals surface area contributed by atoms with Gasteiger partial charge in [0.15, 0.2) is 0 Å². The number of halogens is 2. The lowest BCUT2D eigenvalue weighted by Gasteiger charge is -2.37. The van der Waals surface area contributed by atoms with Gasteiger partial charge >= 0.3 is 0 Å². The molecule has 1 aromatic carbocycles. The molecule has 2 heterocycles. The number of nitrogens with zero attached hydrogens (tertiary/aromatic N) is 2. The Bertz CT molecular complexity index is 1770. The van der Waals surface area contributed by atoms with E-state index in [1.54, 1.807) is 37.7 Å². The number of nitrogens with one attached hydrogen (secondary N) is 6. The fourth-order valence-corrected chi connectivity index (χ4v) is 10.7. The minimum Gasteiger partial charge on any atom is -0.375 e. The molecule has 72 heavy (non-hydrogen) atoms. The monoisotopic (exact) mass is 1050 g/mol. The summed E-state index contributed by atoms with van der Waals surface area (Å²) in [5.74, 6) is -0.787. The van der Waals surface area contributed by atoms with Gasteiger partial charge in [-0.1, -0.05) is 104 Å². The predicted molar refractivity (Wildman–Crippen MR) is 287 cm³/mol. The zero-order chi connectivity index (χ0) is 51.2. The molecule has 6 N–H and O–H groups in total. The number of carbonyl (C=O) groups excluding carboxylic acids is 6. The van der Waals surface area contributed by atoms with Crippen molar-refractivity contribution in [3.63, 3.8) is 0 Å². The number of amides is 6. The molecule has 6 amide bonds. The Morgan fingerprint density at radius 1 is 0.556 bits per heavy atom. The summed E-state index contributed by atoms with van der Waals surface area (Å²) >= 11 is 0. The Balaban J connectivity index is 0.00000684. The van der Waals surface area contributed by atoms with Crippen LogP contribution in [0.25, 0.3) is 0 Å². The van der Waals surface area contributed by atoms with E-state index in [9.17, 15) is 28.8 Å². The Morgan fingerprint density at radius 3 is 1.25 bits per heavy atom. The summed E-state index contributed by atoms with van der Waals surface area (Å²) in [5.41, 5.74) is 0.846. The first kappa shape index (κ1) is 62.8. The van der Waals surface area contributed by atoms with Crippen LogP contribution < -0.4 is 31.9 Å². The van der Waals surface area contributed by atoms with Crippen LogP contribution in [0.5, 0.6) is 0 Å². The molecule has 4 fully saturated rings. The second-order valence-corrected chi connectivity index (χ2v) is 22.9. The summed E-state index contributed by atoms with van der Waals surface area (Å²) in [4.78, 5) is 85.7. The van der Waals surface area contributed by atoms with Crippen molar-refractivity contribution >= 4 is 60.3 Å². The van der Waals surface area contributed by atoms with Crippen LogP contribution in [-0.2, 0) is 51.5 Å². The van der Waals surface area contributed by atoms with E-state index in [-0.39, 0.29) is 84.2 Å². The number of hydrogen-bond acceptors (Lipinski definition) is 10. The highest BCUT2D eigenvalue weighted by Crippen LogP contribution is 2.31. The first-order valence-electron chi connectivity index (χ1n) is 26.6. The standard InChI is InChI=1S/C54H90N8O8.2ClH/c1-35(55-9)47(63)59-45(53(3,4)5)51(67)61-28-18-26-43(61)49(65)57-41(39-22-13-11-14-23-39)33-69-31-37-20-17-21-38(30-37)32-70-34-42(40-24-15-12-16-25-40)58-50(66)44-27-19-29-62(44)52(68)46(54(6,7)8)60-48(64)36(2)56-10;;/h17,20-21,30,35-36,39-46,55-56H,11-16,18-19,22-29,31-34H2,1-10H3,(H,57,65)(H,58,66)(H,59,63)(H,60,64);2*1H/t35-,36-,41+,42+,43-,44-,45+,46+;;/m0../s1. The quantitative estimate of drug-likeness (QED) is 0.0807. The van der Waals surface area contributed by atoms with E-state index in [0.717, 1.165) is 62.5 Å². The highest BCUT2D eigenvalue weighted by molar-refractivity contribution is 5.95.